The van der Waals surface area contributed by atoms with E-state index in [1.807, 2.05) is 6.92 Å². The molecule has 0 saturated carbocycles. The molecule has 1 aromatic heterocycles. The summed E-state index contributed by atoms with van der Waals surface area (Å²) in [5.41, 5.74) is 2.34. The quantitative estimate of drug-likeness (QED) is 0.752. The lowest BCUT2D eigenvalue weighted by Gasteiger charge is -2.34. The van der Waals surface area contributed by atoms with E-state index in [9.17, 15) is 9.18 Å². The Balaban J connectivity index is 2.33. The summed E-state index contributed by atoms with van der Waals surface area (Å²) in [6, 6.07) is 2.58. The van der Waals surface area contributed by atoms with Gasteiger partial charge in [-0.05, 0) is 44.4 Å². The number of aromatic nitrogens is 1. The minimum atomic E-state index is -0.476. The summed E-state index contributed by atoms with van der Waals surface area (Å²) in [5, 5.41) is 0.966. The Bertz CT molecular complexity index is 797. The van der Waals surface area contributed by atoms with Gasteiger partial charge in [0.25, 0.3) is 0 Å². The van der Waals surface area contributed by atoms with Crippen molar-refractivity contribution < 1.29 is 13.9 Å². The topological polar surface area (TPSA) is 39.2 Å². The van der Waals surface area contributed by atoms with Crippen LogP contribution in [0.5, 0.6) is 0 Å². The van der Waals surface area contributed by atoms with Crippen molar-refractivity contribution in [3.63, 3.8) is 0 Å². The Morgan fingerprint density at radius 2 is 2.00 bits per heavy atom. The van der Waals surface area contributed by atoms with Gasteiger partial charge in [-0.1, -0.05) is 18.5 Å². The molecular formula is C18H19ClFNO2. The molecule has 1 saturated heterocycles. The lowest BCUT2D eigenvalue weighted by molar-refractivity contribution is 0.0549. The Hall–Kier alpha value is -1.52. The minimum absolute atomic E-state index is 0.150. The predicted octanol–water partition coefficient (Wildman–Crippen LogP) is 4.61. The van der Waals surface area contributed by atoms with E-state index in [1.54, 1.807) is 0 Å². The van der Waals surface area contributed by atoms with Crippen molar-refractivity contribution in [3.05, 3.63) is 39.8 Å². The fraction of sp³-hybridized carbons (Fsp3) is 0.444. The van der Waals surface area contributed by atoms with Crippen molar-refractivity contribution >= 4 is 28.3 Å². The Morgan fingerprint density at radius 3 is 2.61 bits per heavy atom. The maximum atomic E-state index is 13.8. The smallest absolute Gasteiger partial charge is 0.162 e. The molecule has 0 amide bonds. The van der Waals surface area contributed by atoms with Gasteiger partial charge in [-0.25, -0.2) is 4.39 Å². The molecule has 2 heterocycles. The van der Waals surface area contributed by atoms with Crippen molar-refractivity contribution in [2.45, 2.75) is 39.0 Å². The first-order valence-corrected chi connectivity index (χ1v) is 8.10. The van der Waals surface area contributed by atoms with E-state index in [0.29, 0.717) is 29.1 Å². The number of benzene rings is 1. The van der Waals surface area contributed by atoms with Gasteiger partial charge in [0.05, 0.1) is 16.2 Å². The number of hydrogen-bond donors (Lipinski definition) is 0. The molecule has 0 spiro atoms. The molecule has 3 rings (SSSR count). The van der Waals surface area contributed by atoms with Crippen LogP contribution in [-0.2, 0) is 10.2 Å². The van der Waals surface area contributed by atoms with Gasteiger partial charge in [-0.2, -0.15) is 0 Å². The van der Waals surface area contributed by atoms with Crippen molar-refractivity contribution in [1.29, 1.82) is 0 Å². The second kappa shape index (κ2) is 5.84. The summed E-state index contributed by atoms with van der Waals surface area (Å²) in [6.45, 7) is 6.82. The third-order valence-electron chi connectivity index (χ3n) is 4.77. The number of carbonyl (C=O) groups excluding carboxylic acids is 1. The maximum absolute atomic E-state index is 13.8. The van der Waals surface area contributed by atoms with Crippen LogP contribution in [0.4, 0.5) is 4.39 Å². The molecule has 0 radical (unpaired) electrons. The molecule has 122 valence electrons. The van der Waals surface area contributed by atoms with E-state index in [1.165, 1.54) is 19.1 Å². The van der Waals surface area contributed by atoms with Crippen LogP contribution in [-0.4, -0.2) is 24.0 Å². The zero-order valence-electron chi connectivity index (χ0n) is 13.5. The van der Waals surface area contributed by atoms with Gasteiger partial charge in [0.1, 0.15) is 5.82 Å². The molecule has 1 aromatic carbocycles. The molecule has 0 unspecified atom stereocenters. The number of Topliss-reactive ketones (excluding diaryl/α,β-unsaturated/α-hetero) is 1. The number of fused-ring (bicyclic) bond motifs is 1. The van der Waals surface area contributed by atoms with Crippen LogP contribution in [0, 0.1) is 12.7 Å². The van der Waals surface area contributed by atoms with Crippen LogP contribution in [0.2, 0.25) is 5.02 Å². The molecule has 1 aliphatic rings. The standard InChI is InChI=1S/C18H19ClFNO2/c1-10-15(19)14-9-12(20)8-13(11(2)22)16(14)21-17(10)18(3)4-6-23-7-5-18/h8-9H,4-7H2,1-3H3. The highest BCUT2D eigenvalue weighted by atomic mass is 35.5. The highest BCUT2D eigenvalue weighted by molar-refractivity contribution is 6.36. The van der Waals surface area contributed by atoms with Crippen LogP contribution in [0.1, 0.15) is 48.3 Å². The Labute approximate surface area is 139 Å². The molecule has 3 nitrogen and oxygen atoms in total. The molecule has 23 heavy (non-hydrogen) atoms. The van der Waals surface area contributed by atoms with Gasteiger partial charge in [-0.15, -0.1) is 0 Å². The number of ether oxygens (including phenoxy) is 1. The minimum Gasteiger partial charge on any atom is -0.381 e. The van der Waals surface area contributed by atoms with E-state index < -0.39 is 5.82 Å². The zero-order chi connectivity index (χ0) is 16.8. The van der Waals surface area contributed by atoms with Crippen molar-refractivity contribution in [3.8, 4) is 0 Å². The van der Waals surface area contributed by atoms with E-state index in [0.717, 1.165) is 24.1 Å². The van der Waals surface area contributed by atoms with Gasteiger partial charge in [0, 0.05) is 29.6 Å². The molecule has 2 aromatic rings. The van der Waals surface area contributed by atoms with Crippen LogP contribution < -0.4 is 0 Å². The largest absolute Gasteiger partial charge is 0.381 e. The average molecular weight is 336 g/mol. The van der Waals surface area contributed by atoms with Gasteiger partial charge in [0.15, 0.2) is 5.78 Å². The van der Waals surface area contributed by atoms with Crippen LogP contribution in [0.3, 0.4) is 0 Å². The molecule has 0 aliphatic carbocycles. The number of pyridine rings is 1. The summed E-state index contributed by atoms with van der Waals surface area (Å²) in [7, 11) is 0. The molecule has 0 bridgehead atoms. The highest BCUT2D eigenvalue weighted by Gasteiger charge is 2.33. The second-order valence-corrected chi connectivity index (χ2v) is 6.86. The Morgan fingerprint density at radius 1 is 1.35 bits per heavy atom. The number of rotatable bonds is 2. The predicted molar refractivity (Wildman–Crippen MR) is 88.9 cm³/mol. The summed E-state index contributed by atoms with van der Waals surface area (Å²) in [6.07, 6.45) is 1.69. The Kier molecular flexibility index (Phi) is 4.15. The molecule has 0 atom stereocenters. The summed E-state index contributed by atoms with van der Waals surface area (Å²) >= 11 is 6.51. The van der Waals surface area contributed by atoms with E-state index in [-0.39, 0.29) is 16.8 Å². The fourth-order valence-corrected chi connectivity index (χ4v) is 3.54. The van der Waals surface area contributed by atoms with Crippen LogP contribution >= 0.6 is 11.6 Å². The number of carbonyl (C=O) groups is 1. The molecule has 0 N–H and O–H groups in total. The SMILES string of the molecule is CC(=O)c1cc(F)cc2c(Cl)c(C)c(C3(C)CCOCC3)nc12. The van der Waals surface area contributed by atoms with Gasteiger partial charge >= 0.3 is 0 Å². The van der Waals surface area contributed by atoms with Gasteiger partial charge in [0.2, 0.25) is 0 Å². The van der Waals surface area contributed by atoms with E-state index in [4.69, 9.17) is 21.3 Å². The number of halogens is 2. The third kappa shape index (κ3) is 2.74. The highest BCUT2D eigenvalue weighted by Crippen LogP contribution is 2.40. The lowest BCUT2D eigenvalue weighted by atomic mass is 9.77. The number of ketones is 1. The van der Waals surface area contributed by atoms with Crippen molar-refractivity contribution in [1.82, 2.24) is 4.98 Å². The first-order valence-electron chi connectivity index (χ1n) is 7.72. The van der Waals surface area contributed by atoms with E-state index in [2.05, 4.69) is 6.92 Å². The first-order chi connectivity index (χ1) is 10.8. The van der Waals surface area contributed by atoms with Crippen molar-refractivity contribution in [2.24, 2.45) is 0 Å². The third-order valence-corrected chi connectivity index (χ3v) is 5.25. The van der Waals surface area contributed by atoms with Crippen LogP contribution in [0.15, 0.2) is 12.1 Å². The summed E-state index contributed by atoms with van der Waals surface area (Å²) in [5.74, 6) is -0.694. The van der Waals surface area contributed by atoms with Crippen molar-refractivity contribution in [2.75, 3.05) is 13.2 Å². The number of nitrogens with zero attached hydrogens (tertiary/aromatic N) is 1. The van der Waals surface area contributed by atoms with E-state index >= 15 is 0 Å². The molecule has 1 aliphatic heterocycles. The molecule has 5 heteroatoms. The molecular weight excluding hydrogens is 317 g/mol. The van der Waals surface area contributed by atoms with Gasteiger partial charge < -0.3 is 4.74 Å². The second-order valence-electron chi connectivity index (χ2n) is 6.48. The van der Waals surface area contributed by atoms with Gasteiger partial charge in [-0.3, -0.25) is 9.78 Å². The summed E-state index contributed by atoms with van der Waals surface area (Å²) < 4.78 is 19.3. The fourth-order valence-electron chi connectivity index (χ4n) is 3.30. The first kappa shape index (κ1) is 16.3. The van der Waals surface area contributed by atoms with Crippen LogP contribution in [0.25, 0.3) is 10.9 Å². The molecule has 1 fully saturated rings. The zero-order valence-corrected chi connectivity index (χ0v) is 14.3. The monoisotopic (exact) mass is 335 g/mol. The maximum Gasteiger partial charge on any atom is 0.162 e. The summed E-state index contributed by atoms with van der Waals surface area (Å²) in [4.78, 5) is 16.7. The normalized spacial score (nSPS) is 17.4. The number of hydrogen-bond acceptors (Lipinski definition) is 3. The average Bonchev–Trinajstić information content (AvgIpc) is 2.51. The lowest BCUT2D eigenvalue weighted by Crippen LogP contribution is -2.32.